The first kappa shape index (κ1) is 6.22. The summed E-state index contributed by atoms with van der Waals surface area (Å²) in [7, 11) is 0. The van der Waals surface area contributed by atoms with Crippen LogP contribution in [-0.4, -0.2) is 5.78 Å². The Balaban J connectivity index is 1.98. The third kappa shape index (κ3) is 0.533. The molecule has 3 rings (SSSR count). The fraction of sp³-hybridized carbons (Fsp3) is 0.900. The maximum atomic E-state index is 11.4. The van der Waals surface area contributed by atoms with Gasteiger partial charge in [-0.2, -0.15) is 0 Å². The molecule has 0 amide bonds. The van der Waals surface area contributed by atoms with Gasteiger partial charge in [0.1, 0.15) is 5.78 Å². The molecule has 1 spiro atoms. The summed E-state index contributed by atoms with van der Waals surface area (Å²) >= 11 is 0. The van der Waals surface area contributed by atoms with Gasteiger partial charge in [-0.05, 0) is 37.0 Å². The van der Waals surface area contributed by atoms with E-state index in [9.17, 15) is 4.79 Å². The van der Waals surface area contributed by atoms with Gasteiger partial charge >= 0.3 is 0 Å². The molecule has 1 nitrogen and oxygen atoms in total. The van der Waals surface area contributed by atoms with Crippen LogP contribution in [0.4, 0.5) is 0 Å². The molecule has 11 heavy (non-hydrogen) atoms. The molecule has 3 saturated carbocycles. The zero-order valence-corrected chi connectivity index (χ0v) is 6.81. The predicted molar refractivity (Wildman–Crippen MR) is 42.1 cm³/mol. The highest BCUT2D eigenvalue weighted by molar-refractivity contribution is 5.85. The number of Topliss-reactive ketones (excluding diaryl/α,β-unsaturated/α-hetero) is 1. The van der Waals surface area contributed by atoms with Crippen molar-refractivity contribution in [2.75, 3.05) is 0 Å². The first-order chi connectivity index (χ1) is 5.33. The lowest BCUT2D eigenvalue weighted by molar-refractivity contribution is -0.129. The molecule has 0 aliphatic heterocycles. The van der Waals surface area contributed by atoms with Crippen LogP contribution >= 0.6 is 0 Å². The van der Waals surface area contributed by atoms with Crippen molar-refractivity contribution < 1.29 is 4.79 Å². The highest BCUT2D eigenvalue weighted by atomic mass is 16.1. The average Bonchev–Trinajstić information content (AvgIpc) is 2.39. The van der Waals surface area contributed by atoms with Crippen LogP contribution in [0.1, 0.15) is 38.5 Å². The number of hydrogen-bond donors (Lipinski definition) is 0. The maximum absolute atomic E-state index is 11.4. The van der Waals surface area contributed by atoms with E-state index in [2.05, 4.69) is 0 Å². The van der Waals surface area contributed by atoms with E-state index in [4.69, 9.17) is 0 Å². The highest BCUT2D eigenvalue weighted by Gasteiger charge is 2.62. The molecular formula is C10H14O. The van der Waals surface area contributed by atoms with Gasteiger partial charge < -0.3 is 0 Å². The lowest BCUT2D eigenvalue weighted by Crippen LogP contribution is -2.43. The van der Waals surface area contributed by atoms with Crippen molar-refractivity contribution in [3.8, 4) is 0 Å². The van der Waals surface area contributed by atoms with E-state index in [-0.39, 0.29) is 0 Å². The van der Waals surface area contributed by atoms with Crippen LogP contribution in [0.2, 0.25) is 0 Å². The molecule has 3 aliphatic rings. The summed E-state index contributed by atoms with van der Waals surface area (Å²) in [4.78, 5) is 11.4. The van der Waals surface area contributed by atoms with Crippen LogP contribution in [0.25, 0.3) is 0 Å². The Kier molecular flexibility index (Phi) is 0.961. The molecule has 3 aliphatic carbocycles. The van der Waals surface area contributed by atoms with E-state index >= 15 is 0 Å². The lowest BCUT2D eigenvalue weighted by Gasteiger charge is -2.47. The normalized spacial score (nSPS) is 53.6. The number of hydrogen-bond acceptors (Lipinski definition) is 1. The molecule has 3 atom stereocenters. The highest BCUT2D eigenvalue weighted by Crippen LogP contribution is 2.67. The van der Waals surface area contributed by atoms with Gasteiger partial charge in [0.05, 0.1) is 0 Å². The van der Waals surface area contributed by atoms with E-state index in [1.807, 2.05) is 0 Å². The molecule has 0 aromatic rings. The van der Waals surface area contributed by atoms with Crippen molar-refractivity contribution in [1.29, 1.82) is 0 Å². The minimum atomic E-state index is 0.523. The second kappa shape index (κ2) is 1.70. The molecule has 3 unspecified atom stereocenters. The van der Waals surface area contributed by atoms with Crippen molar-refractivity contribution >= 4 is 5.78 Å². The van der Waals surface area contributed by atoms with E-state index in [0.717, 1.165) is 12.3 Å². The van der Waals surface area contributed by atoms with Gasteiger partial charge in [-0.15, -0.1) is 0 Å². The van der Waals surface area contributed by atoms with Crippen LogP contribution in [-0.2, 0) is 4.79 Å². The molecule has 0 bridgehead atoms. The van der Waals surface area contributed by atoms with Gasteiger partial charge in [0.15, 0.2) is 0 Å². The summed E-state index contributed by atoms with van der Waals surface area (Å²) in [6.07, 6.45) is 7.58. The van der Waals surface area contributed by atoms with Crippen LogP contribution in [0.3, 0.4) is 0 Å². The third-order valence-electron chi connectivity index (χ3n) is 4.45. The predicted octanol–water partition coefficient (Wildman–Crippen LogP) is 2.16. The quantitative estimate of drug-likeness (QED) is 0.517. The maximum Gasteiger partial charge on any atom is 0.136 e. The van der Waals surface area contributed by atoms with Crippen molar-refractivity contribution in [1.82, 2.24) is 0 Å². The molecule has 0 aromatic carbocycles. The van der Waals surface area contributed by atoms with Crippen LogP contribution in [0, 0.1) is 17.3 Å². The van der Waals surface area contributed by atoms with E-state index in [0.29, 0.717) is 17.1 Å². The lowest BCUT2D eigenvalue weighted by atomic mass is 9.56. The number of rotatable bonds is 0. The smallest absolute Gasteiger partial charge is 0.136 e. The summed E-state index contributed by atoms with van der Waals surface area (Å²) in [5.41, 5.74) is 0.567. The van der Waals surface area contributed by atoms with Gasteiger partial charge in [-0.3, -0.25) is 4.79 Å². The van der Waals surface area contributed by atoms with Gasteiger partial charge in [0, 0.05) is 12.3 Å². The van der Waals surface area contributed by atoms with E-state index in [1.165, 1.54) is 32.1 Å². The van der Waals surface area contributed by atoms with Crippen molar-refractivity contribution in [3.05, 3.63) is 0 Å². The first-order valence-corrected chi connectivity index (χ1v) is 4.86. The number of carbonyl (C=O) groups excluding carboxylic acids is 1. The summed E-state index contributed by atoms with van der Waals surface area (Å²) < 4.78 is 0. The summed E-state index contributed by atoms with van der Waals surface area (Å²) in [6, 6.07) is 0. The van der Waals surface area contributed by atoms with Gasteiger partial charge in [-0.1, -0.05) is 6.42 Å². The van der Waals surface area contributed by atoms with Crippen LogP contribution in [0.15, 0.2) is 0 Å². The number of carbonyl (C=O) groups is 1. The molecule has 0 saturated heterocycles. The number of ketones is 1. The fourth-order valence-corrected chi connectivity index (χ4v) is 3.82. The molecule has 0 radical (unpaired) electrons. The summed E-state index contributed by atoms with van der Waals surface area (Å²) in [5.74, 6) is 2.07. The Labute approximate surface area is 67.2 Å². The van der Waals surface area contributed by atoms with Crippen molar-refractivity contribution in [2.24, 2.45) is 17.3 Å². The Morgan fingerprint density at radius 1 is 1.36 bits per heavy atom. The summed E-state index contributed by atoms with van der Waals surface area (Å²) in [5, 5.41) is 0. The van der Waals surface area contributed by atoms with Crippen LogP contribution < -0.4 is 0 Å². The van der Waals surface area contributed by atoms with Gasteiger partial charge in [0.25, 0.3) is 0 Å². The molecule has 1 heteroatoms. The molecular weight excluding hydrogens is 136 g/mol. The topological polar surface area (TPSA) is 17.1 Å². The van der Waals surface area contributed by atoms with Crippen LogP contribution in [0.5, 0.6) is 0 Å². The monoisotopic (exact) mass is 150 g/mol. The first-order valence-electron chi connectivity index (χ1n) is 4.86. The summed E-state index contributed by atoms with van der Waals surface area (Å²) in [6.45, 7) is 0. The fourth-order valence-electron chi connectivity index (χ4n) is 3.82. The Morgan fingerprint density at radius 2 is 2.27 bits per heavy atom. The zero-order chi connectivity index (χ0) is 7.47. The van der Waals surface area contributed by atoms with Gasteiger partial charge in [0.2, 0.25) is 0 Å². The second-order valence-corrected chi connectivity index (χ2v) is 4.58. The van der Waals surface area contributed by atoms with Gasteiger partial charge in [-0.25, -0.2) is 0 Å². The largest absolute Gasteiger partial charge is 0.299 e. The Bertz CT molecular complexity index is 221. The molecule has 0 N–H and O–H groups in total. The molecule has 0 aromatic heterocycles. The standard InChI is InChI=1S/C10H14O/c11-9-3-5-10-4-1-2-7(10)6-8(9)10/h7-8H,1-6H2. The zero-order valence-electron chi connectivity index (χ0n) is 6.81. The molecule has 60 valence electrons. The van der Waals surface area contributed by atoms with Crippen molar-refractivity contribution in [2.45, 2.75) is 38.5 Å². The van der Waals surface area contributed by atoms with E-state index < -0.39 is 0 Å². The van der Waals surface area contributed by atoms with Crippen molar-refractivity contribution in [3.63, 3.8) is 0 Å². The Morgan fingerprint density at radius 3 is 3.00 bits per heavy atom. The third-order valence-corrected chi connectivity index (χ3v) is 4.45. The second-order valence-electron chi connectivity index (χ2n) is 4.58. The minimum absolute atomic E-state index is 0.523. The van der Waals surface area contributed by atoms with E-state index in [1.54, 1.807) is 0 Å². The SMILES string of the molecule is O=C1CCC23CCCC2CC13. The minimum Gasteiger partial charge on any atom is -0.299 e. The molecule has 0 heterocycles. The molecule has 3 fully saturated rings. The Hall–Kier alpha value is -0.330. The average molecular weight is 150 g/mol.